The Labute approximate surface area is 137 Å². The zero-order valence-electron chi connectivity index (χ0n) is 12.3. The normalized spacial score (nSPS) is 10.9. The smallest absolute Gasteiger partial charge is 0.252 e. The molecule has 118 valence electrons. The Bertz CT molecular complexity index is 847. The summed E-state index contributed by atoms with van der Waals surface area (Å²) in [6, 6.07) is 9.67. The summed E-state index contributed by atoms with van der Waals surface area (Å²) < 4.78 is 15.0. The van der Waals surface area contributed by atoms with E-state index in [1.807, 2.05) is 29.0 Å². The molecule has 0 saturated carbocycles. The third-order valence-electron chi connectivity index (χ3n) is 3.56. The minimum atomic E-state index is -0.460. The maximum atomic E-state index is 13.0. The molecular formula is C17H15ClFN3O. The molecule has 3 aromatic rings. The molecule has 0 atom stereocenters. The summed E-state index contributed by atoms with van der Waals surface area (Å²) in [5.74, 6) is -0.760. The fourth-order valence-electron chi connectivity index (χ4n) is 2.42. The summed E-state index contributed by atoms with van der Waals surface area (Å²) >= 11 is 5.87. The van der Waals surface area contributed by atoms with Crippen LogP contribution in [0.4, 0.5) is 4.39 Å². The molecule has 4 nitrogen and oxygen atoms in total. The molecule has 0 saturated heterocycles. The Hall–Kier alpha value is -2.40. The number of hydrogen-bond acceptors (Lipinski definition) is 2. The van der Waals surface area contributed by atoms with E-state index in [0.29, 0.717) is 6.54 Å². The van der Waals surface area contributed by atoms with Gasteiger partial charge in [0.2, 0.25) is 0 Å². The van der Waals surface area contributed by atoms with Gasteiger partial charge in [-0.1, -0.05) is 11.6 Å². The lowest BCUT2D eigenvalue weighted by atomic mass is 10.2. The number of carbonyl (C=O) groups is 1. The van der Waals surface area contributed by atoms with Gasteiger partial charge in [-0.2, -0.15) is 0 Å². The quantitative estimate of drug-likeness (QED) is 0.725. The Morgan fingerprint density at radius 1 is 1.30 bits per heavy atom. The molecule has 0 spiro atoms. The third-order valence-corrected chi connectivity index (χ3v) is 3.87. The molecule has 1 aromatic carbocycles. The largest absolute Gasteiger partial charge is 0.352 e. The SMILES string of the molecule is O=C(NCCCn1ccc2cccnc21)c1ccc(F)cc1Cl. The van der Waals surface area contributed by atoms with Crippen LogP contribution in [0.5, 0.6) is 0 Å². The second-order valence-electron chi connectivity index (χ2n) is 5.16. The van der Waals surface area contributed by atoms with Crippen molar-refractivity contribution >= 4 is 28.5 Å². The molecule has 23 heavy (non-hydrogen) atoms. The minimum absolute atomic E-state index is 0.114. The van der Waals surface area contributed by atoms with Crippen molar-refractivity contribution in [3.8, 4) is 0 Å². The number of rotatable bonds is 5. The van der Waals surface area contributed by atoms with Gasteiger partial charge in [0.25, 0.3) is 5.91 Å². The molecule has 3 rings (SSSR count). The molecule has 0 aliphatic heterocycles. The van der Waals surface area contributed by atoms with E-state index >= 15 is 0 Å². The number of amides is 1. The summed E-state index contributed by atoms with van der Waals surface area (Å²) in [4.78, 5) is 16.4. The highest BCUT2D eigenvalue weighted by Gasteiger charge is 2.10. The zero-order valence-corrected chi connectivity index (χ0v) is 13.1. The van der Waals surface area contributed by atoms with Gasteiger partial charge in [-0.3, -0.25) is 4.79 Å². The van der Waals surface area contributed by atoms with Crippen LogP contribution in [0.1, 0.15) is 16.8 Å². The van der Waals surface area contributed by atoms with Gasteiger partial charge in [-0.25, -0.2) is 9.37 Å². The van der Waals surface area contributed by atoms with Gasteiger partial charge < -0.3 is 9.88 Å². The number of pyridine rings is 1. The number of nitrogens with one attached hydrogen (secondary N) is 1. The molecule has 6 heteroatoms. The van der Waals surface area contributed by atoms with Crippen molar-refractivity contribution in [3.05, 3.63) is 65.2 Å². The maximum Gasteiger partial charge on any atom is 0.252 e. The van der Waals surface area contributed by atoms with Crippen LogP contribution in [0.2, 0.25) is 5.02 Å². The second kappa shape index (κ2) is 6.79. The zero-order chi connectivity index (χ0) is 16.2. The van der Waals surface area contributed by atoms with Crippen LogP contribution < -0.4 is 5.32 Å². The predicted molar refractivity (Wildman–Crippen MR) is 88.1 cm³/mol. The van der Waals surface area contributed by atoms with Crippen LogP contribution in [0, 0.1) is 5.82 Å². The first kappa shape index (κ1) is 15.5. The van der Waals surface area contributed by atoms with E-state index in [0.717, 1.165) is 30.1 Å². The molecule has 0 bridgehead atoms. The molecule has 0 fully saturated rings. The lowest BCUT2D eigenvalue weighted by molar-refractivity contribution is 0.0953. The van der Waals surface area contributed by atoms with Crippen LogP contribution in [0.15, 0.2) is 48.8 Å². The van der Waals surface area contributed by atoms with E-state index in [-0.39, 0.29) is 16.5 Å². The first-order chi connectivity index (χ1) is 11.1. The number of fused-ring (bicyclic) bond motifs is 1. The van der Waals surface area contributed by atoms with Crippen molar-refractivity contribution in [2.75, 3.05) is 6.54 Å². The topological polar surface area (TPSA) is 46.9 Å². The average Bonchev–Trinajstić information content (AvgIpc) is 2.94. The Kier molecular flexibility index (Phi) is 4.57. The fourth-order valence-corrected chi connectivity index (χ4v) is 2.67. The summed E-state index contributed by atoms with van der Waals surface area (Å²) in [5.41, 5.74) is 1.21. The van der Waals surface area contributed by atoms with Gasteiger partial charge >= 0.3 is 0 Å². The number of benzene rings is 1. The van der Waals surface area contributed by atoms with Crippen molar-refractivity contribution in [1.29, 1.82) is 0 Å². The van der Waals surface area contributed by atoms with Crippen molar-refractivity contribution in [2.24, 2.45) is 0 Å². The molecule has 1 N–H and O–H groups in total. The summed E-state index contributed by atoms with van der Waals surface area (Å²) in [5, 5.41) is 4.00. The van der Waals surface area contributed by atoms with Gasteiger partial charge in [0, 0.05) is 30.9 Å². The number of aryl methyl sites for hydroxylation is 1. The van der Waals surface area contributed by atoms with Crippen LogP contribution >= 0.6 is 11.6 Å². The van der Waals surface area contributed by atoms with Gasteiger partial charge in [-0.05, 0) is 42.8 Å². The number of carbonyl (C=O) groups excluding carboxylic acids is 1. The number of nitrogens with zero attached hydrogens (tertiary/aromatic N) is 2. The van der Waals surface area contributed by atoms with Crippen LogP contribution in [0.25, 0.3) is 11.0 Å². The summed E-state index contributed by atoms with van der Waals surface area (Å²) in [6.07, 6.45) is 4.50. The van der Waals surface area contributed by atoms with Crippen LogP contribution in [0.3, 0.4) is 0 Å². The summed E-state index contributed by atoms with van der Waals surface area (Å²) in [7, 11) is 0. The number of hydrogen-bond donors (Lipinski definition) is 1. The maximum absolute atomic E-state index is 13.0. The van der Waals surface area contributed by atoms with Crippen molar-refractivity contribution in [3.63, 3.8) is 0 Å². The average molecular weight is 332 g/mol. The number of halogens is 2. The standard InChI is InChI=1S/C17H15ClFN3O/c18-15-11-13(19)4-5-14(15)17(23)21-8-2-9-22-10-6-12-3-1-7-20-16(12)22/h1,3-7,10-11H,2,8-9H2,(H,21,23). The van der Waals surface area contributed by atoms with Crippen molar-refractivity contribution in [2.45, 2.75) is 13.0 Å². The highest BCUT2D eigenvalue weighted by atomic mass is 35.5. The third kappa shape index (κ3) is 3.51. The van der Waals surface area contributed by atoms with Crippen LogP contribution in [-0.4, -0.2) is 22.0 Å². The highest BCUT2D eigenvalue weighted by molar-refractivity contribution is 6.33. The Balaban J connectivity index is 1.54. The van der Waals surface area contributed by atoms with E-state index in [4.69, 9.17) is 11.6 Å². The highest BCUT2D eigenvalue weighted by Crippen LogP contribution is 2.17. The summed E-state index contributed by atoms with van der Waals surface area (Å²) in [6.45, 7) is 1.25. The monoisotopic (exact) mass is 331 g/mol. The van der Waals surface area contributed by atoms with Crippen molar-refractivity contribution < 1.29 is 9.18 Å². The van der Waals surface area contributed by atoms with E-state index < -0.39 is 5.82 Å². The first-order valence-corrected chi connectivity index (χ1v) is 7.66. The number of aromatic nitrogens is 2. The minimum Gasteiger partial charge on any atom is -0.352 e. The lowest BCUT2D eigenvalue weighted by Crippen LogP contribution is -2.25. The van der Waals surface area contributed by atoms with Gasteiger partial charge in [0.15, 0.2) is 0 Å². The molecule has 1 amide bonds. The van der Waals surface area contributed by atoms with E-state index in [9.17, 15) is 9.18 Å². The lowest BCUT2D eigenvalue weighted by Gasteiger charge is -2.08. The first-order valence-electron chi connectivity index (χ1n) is 7.28. The Morgan fingerprint density at radius 3 is 3.00 bits per heavy atom. The molecule has 0 aliphatic carbocycles. The van der Waals surface area contributed by atoms with Gasteiger partial charge in [0.05, 0.1) is 10.6 Å². The van der Waals surface area contributed by atoms with E-state index in [1.54, 1.807) is 6.20 Å². The van der Waals surface area contributed by atoms with Crippen molar-refractivity contribution in [1.82, 2.24) is 14.9 Å². The molecule has 0 aliphatic rings. The van der Waals surface area contributed by atoms with Gasteiger partial charge in [0.1, 0.15) is 11.5 Å². The fraction of sp³-hybridized carbons (Fsp3) is 0.176. The molecule has 0 unspecified atom stereocenters. The molecular weight excluding hydrogens is 317 g/mol. The van der Waals surface area contributed by atoms with Crippen LogP contribution in [-0.2, 0) is 6.54 Å². The predicted octanol–water partition coefficient (Wildman–Crippen LogP) is 3.65. The molecule has 2 aromatic heterocycles. The molecule has 0 radical (unpaired) electrons. The molecule has 2 heterocycles. The van der Waals surface area contributed by atoms with Gasteiger partial charge in [-0.15, -0.1) is 0 Å². The second-order valence-corrected chi connectivity index (χ2v) is 5.57. The van der Waals surface area contributed by atoms with E-state index in [2.05, 4.69) is 10.3 Å². The Morgan fingerprint density at radius 2 is 2.17 bits per heavy atom. The van der Waals surface area contributed by atoms with E-state index in [1.165, 1.54) is 12.1 Å².